The standard InChI is InChI=1S/C10H15NO4/c12-9-6-11(3-4-15-9)8-2-1-7(5-8)10(13)14/h7-8H,1-6H2,(H,13,14). The first-order valence-electron chi connectivity index (χ1n) is 5.29. The maximum absolute atomic E-state index is 11.1. The lowest BCUT2D eigenvalue weighted by molar-refractivity contribution is -0.151. The largest absolute Gasteiger partial charge is 0.481 e. The molecule has 2 aliphatic rings. The molecule has 2 unspecified atom stereocenters. The lowest BCUT2D eigenvalue weighted by atomic mass is 10.1. The number of nitrogens with zero attached hydrogens (tertiary/aromatic N) is 1. The van der Waals surface area contributed by atoms with Gasteiger partial charge in [-0.1, -0.05) is 0 Å². The van der Waals surface area contributed by atoms with E-state index >= 15 is 0 Å². The van der Waals surface area contributed by atoms with Crippen LogP contribution in [0.4, 0.5) is 0 Å². The van der Waals surface area contributed by atoms with E-state index in [-0.39, 0.29) is 17.9 Å². The van der Waals surface area contributed by atoms with Crippen LogP contribution in [-0.4, -0.2) is 47.7 Å². The van der Waals surface area contributed by atoms with Crippen molar-refractivity contribution in [2.75, 3.05) is 19.7 Å². The van der Waals surface area contributed by atoms with Crippen molar-refractivity contribution in [3.05, 3.63) is 0 Å². The van der Waals surface area contributed by atoms with E-state index in [1.807, 2.05) is 0 Å². The summed E-state index contributed by atoms with van der Waals surface area (Å²) in [6, 6.07) is 0.249. The molecule has 2 atom stereocenters. The van der Waals surface area contributed by atoms with Gasteiger partial charge < -0.3 is 9.84 Å². The van der Waals surface area contributed by atoms with E-state index in [1.165, 1.54) is 0 Å². The van der Waals surface area contributed by atoms with Crippen LogP contribution < -0.4 is 0 Å². The highest BCUT2D eigenvalue weighted by atomic mass is 16.5. The average molecular weight is 213 g/mol. The molecule has 0 radical (unpaired) electrons. The Morgan fingerprint density at radius 3 is 2.87 bits per heavy atom. The van der Waals surface area contributed by atoms with Crippen molar-refractivity contribution in [1.29, 1.82) is 0 Å². The summed E-state index contributed by atoms with van der Waals surface area (Å²) < 4.78 is 4.85. The molecule has 0 amide bonds. The van der Waals surface area contributed by atoms with Crippen LogP contribution in [0, 0.1) is 5.92 Å². The average Bonchev–Trinajstić information content (AvgIpc) is 2.66. The molecule has 5 nitrogen and oxygen atoms in total. The minimum Gasteiger partial charge on any atom is -0.481 e. The highest BCUT2D eigenvalue weighted by molar-refractivity contribution is 5.72. The van der Waals surface area contributed by atoms with Crippen LogP contribution in [0.3, 0.4) is 0 Å². The second kappa shape index (κ2) is 4.18. The molecule has 84 valence electrons. The normalized spacial score (nSPS) is 32.7. The van der Waals surface area contributed by atoms with Gasteiger partial charge in [-0.2, -0.15) is 0 Å². The predicted octanol–water partition coefficient (Wildman–Crippen LogP) is 0.0985. The summed E-state index contributed by atoms with van der Waals surface area (Å²) in [7, 11) is 0. The Hall–Kier alpha value is -1.10. The van der Waals surface area contributed by atoms with Gasteiger partial charge in [0, 0.05) is 12.6 Å². The second-order valence-corrected chi connectivity index (χ2v) is 4.19. The van der Waals surface area contributed by atoms with E-state index in [0.29, 0.717) is 19.6 Å². The van der Waals surface area contributed by atoms with Gasteiger partial charge in [0.1, 0.15) is 6.61 Å². The van der Waals surface area contributed by atoms with Gasteiger partial charge >= 0.3 is 11.9 Å². The molecule has 0 aromatic rings. The second-order valence-electron chi connectivity index (χ2n) is 4.19. The molecule has 1 heterocycles. The molecular weight excluding hydrogens is 198 g/mol. The number of ether oxygens (including phenoxy) is 1. The highest BCUT2D eigenvalue weighted by Crippen LogP contribution is 2.29. The minimum atomic E-state index is -0.711. The van der Waals surface area contributed by atoms with Crippen LogP contribution in [-0.2, 0) is 14.3 Å². The maximum Gasteiger partial charge on any atom is 0.320 e. The van der Waals surface area contributed by atoms with Crippen LogP contribution >= 0.6 is 0 Å². The zero-order valence-corrected chi connectivity index (χ0v) is 8.52. The zero-order chi connectivity index (χ0) is 10.8. The fourth-order valence-electron chi connectivity index (χ4n) is 2.39. The van der Waals surface area contributed by atoms with Gasteiger partial charge in [-0.3, -0.25) is 14.5 Å². The summed E-state index contributed by atoms with van der Waals surface area (Å²) in [5.41, 5.74) is 0. The SMILES string of the molecule is O=C1CN(C2CCC(C(=O)O)C2)CCO1. The number of carboxylic acid groups (broad SMARTS) is 1. The Morgan fingerprint density at radius 1 is 1.47 bits per heavy atom. The lowest BCUT2D eigenvalue weighted by Gasteiger charge is -2.31. The Morgan fingerprint density at radius 2 is 2.27 bits per heavy atom. The van der Waals surface area contributed by atoms with E-state index in [0.717, 1.165) is 19.4 Å². The summed E-state index contributed by atoms with van der Waals surface area (Å²) in [6.07, 6.45) is 2.28. The summed E-state index contributed by atoms with van der Waals surface area (Å²) in [4.78, 5) is 23.9. The van der Waals surface area contributed by atoms with Crippen molar-refractivity contribution in [3.8, 4) is 0 Å². The number of carbonyl (C=O) groups excluding carboxylic acids is 1. The Balaban J connectivity index is 1.89. The molecule has 1 aliphatic carbocycles. The molecule has 15 heavy (non-hydrogen) atoms. The highest BCUT2D eigenvalue weighted by Gasteiger charge is 2.35. The van der Waals surface area contributed by atoms with E-state index in [9.17, 15) is 9.59 Å². The summed E-state index contributed by atoms with van der Waals surface area (Å²) in [5, 5.41) is 8.87. The van der Waals surface area contributed by atoms with Crippen LogP contribution in [0.5, 0.6) is 0 Å². The smallest absolute Gasteiger partial charge is 0.320 e. The minimum absolute atomic E-state index is 0.194. The number of morpholine rings is 1. The van der Waals surface area contributed by atoms with Gasteiger partial charge in [0.15, 0.2) is 0 Å². The Labute approximate surface area is 88.0 Å². The molecule has 2 fully saturated rings. The molecule has 1 aliphatic heterocycles. The number of aliphatic carboxylic acids is 1. The van der Waals surface area contributed by atoms with Crippen LogP contribution in [0.15, 0.2) is 0 Å². The van der Waals surface area contributed by atoms with Gasteiger partial charge in [0.05, 0.1) is 12.5 Å². The van der Waals surface area contributed by atoms with Crippen molar-refractivity contribution >= 4 is 11.9 Å². The Bertz CT molecular complexity index is 279. The number of hydrogen-bond donors (Lipinski definition) is 1. The molecule has 1 saturated carbocycles. The van der Waals surface area contributed by atoms with E-state index in [4.69, 9.17) is 9.84 Å². The van der Waals surface area contributed by atoms with Gasteiger partial charge in [-0.25, -0.2) is 0 Å². The lowest BCUT2D eigenvalue weighted by Crippen LogP contribution is -2.45. The molecule has 1 saturated heterocycles. The zero-order valence-electron chi connectivity index (χ0n) is 8.52. The summed E-state index contributed by atoms with van der Waals surface area (Å²) in [6.45, 7) is 1.49. The first-order valence-corrected chi connectivity index (χ1v) is 5.29. The molecule has 1 N–H and O–H groups in total. The number of esters is 1. The van der Waals surface area contributed by atoms with Crippen LogP contribution in [0.1, 0.15) is 19.3 Å². The van der Waals surface area contributed by atoms with Crippen molar-refractivity contribution in [3.63, 3.8) is 0 Å². The topological polar surface area (TPSA) is 66.8 Å². The maximum atomic E-state index is 11.1. The fraction of sp³-hybridized carbons (Fsp3) is 0.800. The fourth-order valence-corrected chi connectivity index (χ4v) is 2.39. The molecular formula is C10H15NO4. The number of rotatable bonds is 2. The molecule has 0 bridgehead atoms. The van der Waals surface area contributed by atoms with E-state index in [1.54, 1.807) is 0 Å². The quantitative estimate of drug-likeness (QED) is 0.659. The number of cyclic esters (lactones) is 1. The van der Waals surface area contributed by atoms with Crippen LogP contribution in [0.2, 0.25) is 0 Å². The first-order chi connectivity index (χ1) is 7.16. The van der Waals surface area contributed by atoms with E-state index in [2.05, 4.69) is 4.90 Å². The van der Waals surface area contributed by atoms with Crippen LogP contribution in [0.25, 0.3) is 0 Å². The monoisotopic (exact) mass is 213 g/mol. The summed E-state index contributed by atoms with van der Waals surface area (Å²) >= 11 is 0. The Kier molecular flexibility index (Phi) is 2.90. The molecule has 2 rings (SSSR count). The van der Waals surface area contributed by atoms with Crippen molar-refractivity contribution in [2.45, 2.75) is 25.3 Å². The van der Waals surface area contributed by atoms with Crippen molar-refractivity contribution < 1.29 is 19.4 Å². The number of hydrogen-bond acceptors (Lipinski definition) is 4. The first kappa shape index (κ1) is 10.4. The van der Waals surface area contributed by atoms with Gasteiger partial charge in [-0.05, 0) is 19.3 Å². The predicted molar refractivity (Wildman–Crippen MR) is 51.3 cm³/mol. The number of carbonyl (C=O) groups is 2. The molecule has 5 heteroatoms. The third kappa shape index (κ3) is 2.28. The van der Waals surface area contributed by atoms with Gasteiger partial charge in [0.25, 0.3) is 0 Å². The third-order valence-corrected chi connectivity index (χ3v) is 3.24. The number of carboxylic acids is 1. The van der Waals surface area contributed by atoms with E-state index < -0.39 is 5.97 Å². The van der Waals surface area contributed by atoms with Gasteiger partial charge in [-0.15, -0.1) is 0 Å². The van der Waals surface area contributed by atoms with Crippen molar-refractivity contribution in [2.24, 2.45) is 5.92 Å². The summed E-state index contributed by atoms with van der Waals surface area (Å²) in [5.74, 6) is -1.13. The van der Waals surface area contributed by atoms with Gasteiger partial charge in [0.2, 0.25) is 0 Å². The third-order valence-electron chi connectivity index (χ3n) is 3.24. The van der Waals surface area contributed by atoms with Crippen molar-refractivity contribution in [1.82, 2.24) is 4.90 Å². The molecule has 0 aromatic heterocycles. The molecule has 0 aromatic carbocycles. The molecule has 0 spiro atoms.